The zero-order chi connectivity index (χ0) is 17.5. The summed E-state index contributed by atoms with van der Waals surface area (Å²) in [5, 5.41) is 6.98. The maximum Gasteiger partial charge on any atom is 0.255 e. The van der Waals surface area contributed by atoms with E-state index in [-0.39, 0.29) is 5.91 Å². The molecule has 0 radical (unpaired) electrons. The minimum atomic E-state index is -0.222. The van der Waals surface area contributed by atoms with Crippen molar-refractivity contribution in [1.29, 1.82) is 0 Å². The van der Waals surface area contributed by atoms with Crippen LogP contribution in [0.4, 0.5) is 11.4 Å². The quantitative estimate of drug-likeness (QED) is 0.704. The molecule has 128 valence electrons. The van der Waals surface area contributed by atoms with E-state index in [0.717, 1.165) is 30.9 Å². The molecule has 0 saturated carbocycles. The Bertz CT molecular complexity index is 687. The Balaban J connectivity index is 1.88. The molecule has 0 spiro atoms. The maximum absolute atomic E-state index is 12.2. The Morgan fingerprint density at radius 1 is 1.00 bits per heavy atom. The fourth-order valence-electron chi connectivity index (χ4n) is 2.14. The van der Waals surface area contributed by atoms with Crippen LogP contribution < -0.4 is 10.6 Å². The fraction of sp³-hybridized carbons (Fsp3) is 0.278. The van der Waals surface area contributed by atoms with Crippen molar-refractivity contribution < 1.29 is 4.79 Å². The zero-order valence-electron chi connectivity index (χ0n) is 13.8. The van der Waals surface area contributed by atoms with Crippen LogP contribution >= 0.6 is 23.2 Å². The van der Waals surface area contributed by atoms with Crippen molar-refractivity contribution in [3.63, 3.8) is 0 Å². The predicted molar refractivity (Wildman–Crippen MR) is 103 cm³/mol. The molecule has 0 aliphatic carbocycles. The van der Waals surface area contributed by atoms with Gasteiger partial charge in [-0.05, 0) is 69.5 Å². The van der Waals surface area contributed by atoms with E-state index >= 15 is 0 Å². The highest BCUT2D eigenvalue weighted by molar-refractivity contribution is 6.42. The van der Waals surface area contributed by atoms with Gasteiger partial charge in [-0.15, -0.1) is 0 Å². The number of benzene rings is 2. The first-order chi connectivity index (χ1) is 11.5. The molecule has 4 nitrogen and oxygen atoms in total. The van der Waals surface area contributed by atoms with E-state index in [1.165, 1.54) is 0 Å². The second kappa shape index (κ2) is 8.92. The van der Waals surface area contributed by atoms with Crippen molar-refractivity contribution in [2.45, 2.75) is 6.42 Å². The monoisotopic (exact) mass is 365 g/mol. The van der Waals surface area contributed by atoms with Crippen LogP contribution in [0.25, 0.3) is 0 Å². The highest BCUT2D eigenvalue weighted by Crippen LogP contribution is 2.23. The van der Waals surface area contributed by atoms with E-state index in [4.69, 9.17) is 23.2 Å². The van der Waals surface area contributed by atoms with Gasteiger partial charge in [-0.2, -0.15) is 0 Å². The smallest absolute Gasteiger partial charge is 0.255 e. The number of hydrogen-bond donors (Lipinski definition) is 2. The summed E-state index contributed by atoms with van der Waals surface area (Å²) in [7, 11) is 4.12. The largest absolute Gasteiger partial charge is 0.385 e. The van der Waals surface area contributed by atoms with Crippen LogP contribution in [-0.2, 0) is 0 Å². The minimum Gasteiger partial charge on any atom is -0.385 e. The molecule has 0 heterocycles. The van der Waals surface area contributed by atoms with Gasteiger partial charge in [0.1, 0.15) is 0 Å². The van der Waals surface area contributed by atoms with Gasteiger partial charge in [0.05, 0.1) is 10.0 Å². The molecule has 0 aromatic heterocycles. The van der Waals surface area contributed by atoms with E-state index in [2.05, 4.69) is 29.6 Å². The zero-order valence-corrected chi connectivity index (χ0v) is 15.3. The van der Waals surface area contributed by atoms with Crippen molar-refractivity contribution in [2.24, 2.45) is 0 Å². The molecule has 0 saturated heterocycles. The molecule has 0 atom stereocenters. The summed E-state index contributed by atoms with van der Waals surface area (Å²) < 4.78 is 0. The number of anilines is 2. The van der Waals surface area contributed by atoms with Crippen LogP contribution in [0.3, 0.4) is 0 Å². The third-order valence-electron chi connectivity index (χ3n) is 3.44. The van der Waals surface area contributed by atoms with Gasteiger partial charge < -0.3 is 15.5 Å². The van der Waals surface area contributed by atoms with Crippen molar-refractivity contribution in [2.75, 3.05) is 37.8 Å². The molecule has 24 heavy (non-hydrogen) atoms. The van der Waals surface area contributed by atoms with Gasteiger partial charge >= 0.3 is 0 Å². The van der Waals surface area contributed by atoms with E-state index in [9.17, 15) is 4.79 Å². The number of nitrogens with zero attached hydrogens (tertiary/aromatic N) is 1. The molecule has 0 aliphatic heterocycles. The SMILES string of the molecule is CN(C)CCCNc1ccc(NC(=O)c2ccc(Cl)c(Cl)c2)cc1. The van der Waals surface area contributed by atoms with Gasteiger partial charge in [0.25, 0.3) is 5.91 Å². The summed E-state index contributed by atoms with van der Waals surface area (Å²) >= 11 is 11.8. The highest BCUT2D eigenvalue weighted by Gasteiger charge is 2.08. The van der Waals surface area contributed by atoms with Crippen LogP contribution in [0.2, 0.25) is 10.0 Å². The van der Waals surface area contributed by atoms with Crippen LogP contribution in [0, 0.1) is 0 Å². The maximum atomic E-state index is 12.2. The first kappa shape index (κ1) is 18.6. The average Bonchev–Trinajstić information content (AvgIpc) is 2.55. The van der Waals surface area contributed by atoms with Gasteiger partial charge in [-0.3, -0.25) is 4.79 Å². The number of carbonyl (C=O) groups is 1. The summed E-state index contributed by atoms with van der Waals surface area (Å²) in [5.74, 6) is -0.222. The molecular formula is C18H21Cl2N3O. The predicted octanol–water partition coefficient (Wildman–Crippen LogP) is 4.61. The minimum absolute atomic E-state index is 0.222. The molecule has 2 aromatic rings. The lowest BCUT2D eigenvalue weighted by Crippen LogP contribution is -2.16. The Kier molecular flexibility index (Phi) is 6.91. The van der Waals surface area contributed by atoms with Crippen molar-refractivity contribution >= 4 is 40.5 Å². The van der Waals surface area contributed by atoms with Crippen molar-refractivity contribution in [1.82, 2.24) is 4.90 Å². The lowest BCUT2D eigenvalue weighted by atomic mass is 10.2. The van der Waals surface area contributed by atoms with Gasteiger partial charge in [-0.25, -0.2) is 0 Å². The number of nitrogens with one attached hydrogen (secondary N) is 2. The molecule has 0 bridgehead atoms. The van der Waals surface area contributed by atoms with E-state index in [0.29, 0.717) is 15.6 Å². The molecule has 0 fully saturated rings. The number of halogens is 2. The average molecular weight is 366 g/mol. The summed E-state index contributed by atoms with van der Waals surface area (Å²) in [5.41, 5.74) is 2.22. The van der Waals surface area contributed by atoms with Gasteiger partial charge in [-0.1, -0.05) is 23.2 Å². The topological polar surface area (TPSA) is 44.4 Å². The first-order valence-corrected chi connectivity index (χ1v) is 8.46. The van der Waals surface area contributed by atoms with Gasteiger partial charge in [0.2, 0.25) is 0 Å². The lowest BCUT2D eigenvalue weighted by molar-refractivity contribution is 0.102. The molecule has 6 heteroatoms. The molecule has 0 unspecified atom stereocenters. The van der Waals surface area contributed by atoms with E-state index in [1.54, 1.807) is 18.2 Å². The number of amides is 1. The second-order valence-electron chi connectivity index (χ2n) is 5.74. The van der Waals surface area contributed by atoms with E-state index < -0.39 is 0 Å². The third kappa shape index (κ3) is 5.71. The second-order valence-corrected chi connectivity index (χ2v) is 6.56. The van der Waals surface area contributed by atoms with Gasteiger partial charge in [0, 0.05) is 23.5 Å². The molecule has 1 amide bonds. The number of hydrogen-bond acceptors (Lipinski definition) is 3. The normalized spacial score (nSPS) is 10.7. The molecule has 2 rings (SSSR count). The Morgan fingerprint density at radius 2 is 1.67 bits per heavy atom. The lowest BCUT2D eigenvalue weighted by Gasteiger charge is -2.11. The van der Waals surface area contributed by atoms with E-state index in [1.807, 2.05) is 24.3 Å². The third-order valence-corrected chi connectivity index (χ3v) is 4.17. The first-order valence-electron chi connectivity index (χ1n) is 7.71. The number of rotatable bonds is 7. The van der Waals surface area contributed by atoms with Crippen molar-refractivity contribution in [3.05, 3.63) is 58.1 Å². The van der Waals surface area contributed by atoms with Gasteiger partial charge in [0.15, 0.2) is 0 Å². The summed E-state index contributed by atoms with van der Waals surface area (Å²) in [6, 6.07) is 12.4. The van der Waals surface area contributed by atoms with Crippen LogP contribution in [0.15, 0.2) is 42.5 Å². The molecular weight excluding hydrogens is 345 g/mol. The molecule has 0 aliphatic rings. The molecule has 2 N–H and O–H groups in total. The number of carbonyl (C=O) groups excluding carboxylic acids is 1. The van der Waals surface area contributed by atoms with Crippen molar-refractivity contribution in [3.8, 4) is 0 Å². The van der Waals surface area contributed by atoms with Crippen LogP contribution in [0.5, 0.6) is 0 Å². The Hall–Kier alpha value is -1.75. The summed E-state index contributed by atoms with van der Waals surface area (Å²) in [6.45, 7) is 1.96. The van der Waals surface area contributed by atoms with Crippen LogP contribution in [0.1, 0.15) is 16.8 Å². The summed E-state index contributed by atoms with van der Waals surface area (Å²) in [6.07, 6.45) is 1.07. The summed E-state index contributed by atoms with van der Waals surface area (Å²) in [4.78, 5) is 14.4. The fourth-order valence-corrected chi connectivity index (χ4v) is 2.44. The Morgan fingerprint density at radius 3 is 2.29 bits per heavy atom. The molecule has 2 aromatic carbocycles. The standard InChI is InChI=1S/C18H21Cl2N3O/c1-23(2)11-3-10-21-14-5-7-15(8-6-14)22-18(24)13-4-9-16(19)17(20)12-13/h4-9,12,21H,3,10-11H2,1-2H3,(H,22,24). The Labute approximate surface area is 152 Å². The highest BCUT2D eigenvalue weighted by atomic mass is 35.5. The van der Waals surface area contributed by atoms with Crippen LogP contribution in [-0.4, -0.2) is 38.0 Å².